The Kier molecular flexibility index (Phi) is 6.13. The van der Waals surface area contributed by atoms with Crippen molar-refractivity contribution in [3.8, 4) is 11.8 Å². The largest absolute Gasteiger partial charge is 0.497 e. The first-order chi connectivity index (χ1) is 10.1. The molecule has 0 saturated carbocycles. The van der Waals surface area contributed by atoms with Gasteiger partial charge in [-0.3, -0.25) is 10.8 Å². The molecule has 0 saturated heterocycles. The fraction of sp³-hybridized carbons (Fsp3) is 0.308. The lowest BCUT2D eigenvalue weighted by molar-refractivity contribution is -0.105. The van der Waals surface area contributed by atoms with E-state index >= 15 is 0 Å². The minimum atomic E-state index is -0.638. The summed E-state index contributed by atoms with van der Waals surface area (Å²) in [5.41, 5.74) is 8.85. The maximum Gasteiger partial charge on any atom is 0.201 e. The van der Waals surface area contributed by atoms with Crippen LogP contribution in [0.25, 0.3) is 0 Å². The molecule has 0 atom stereocenters. The average molecular weight is 291 g/mol. The quantitative estimate of drug-likeness (QED) is 0.300. The lowest BCUT2D eigenvalue weighted by Gasteiger charge is -2.18. The summed E-state index contributed by atoms with van der Waals surface area (Å²) in [5, 5.41) is 19.8. The van der Waals surface area contributed by atoms with Crippen molar-refractivity contribution in [2.24, 2.45) is 10.8 Å². The third-order valence-corrected chi connectivity index (χ3v) is 2.59. The standard InChI is InChI=1S/C13H17N5O3/c1-19-8-4-5-10(9(6-8)13(20-2)21-3)17-18-11(7-14)12(15)16/h4-6,13,17H,1-3H3,(H3,15,16)/b18-11+. The molecule has 1 rings (SSSR count). The normalized spacial score (nSPS) is 11.1. The van der Waals surface area contributed by atoms with E-state index in [1.807, 2.05) is 0 Å². The molecule has 0 amide bonds. The van der Waals surface area contributed by atoms with Gasteiger partial charge in [0, 0.05) is 19.8 Å². The Hall–Kier alpha value is -2.63. The van der Waals surface area contributed by atoms with Crippen molar-refractivity contribution in [3.63, 3.8) is 0 Å². The zero-order valence-electron chi connectivity index (χ0n) is 12.0. The summed E-state index contributed by atoms with van der Waals surface area (Å²) in [6.07, 6.45) is -0.638. The molecule has 1 aromatic rings. The van der Waals surface area contributed by atoms with E-state index in [1.54, 1.807) is 31.4 Å². The van der Waals surface area contributed by atoms with Crippen LogP contribution in [0.4, 0.5) is 5.69 Å². The smallest absolute Gasteiger partial charge is 0.201 e. The Morgan fingerprint density at radius 2 is 2.05 bits per heavy atom. The molecule has 1 aromatic carbocycles. The molecule has 0 bridgehead atoms. The molecule has 0 aliphatic heterocycles. The molecular weight excluding hydrogens is 274 g/mol. The summed E-state index contributed by atoms with van der Waals surface area (Å²) in [6.45, 7) is 0. The highest BCUT2D eigenvalue weighted by molar-refractivity contribution is 6.45. The van der Waals surface area contributed by atoms with Gasteiger partial charge in [0.2, 0.25) is 5.71 Å². The van der Waals surface area contributed by atoms with Crippen LogP contribution in [0.1, 0.15) is 11.9 Å². The van der Waals surface area contributed by atoms with Gasteiger partial charge in [-0.05, 0) is 18.2 Å². The molecule has 0 aliphatic rings. The van der Waals surface area contributed by atoms with Crippen LogP contribution < -0.4 is 15.9 Å². The van der Waals surface area contributed by atoms with Gasteiger partial charge >= 0.3 is 0 Å². The molecule has 112 valence electrons. The molecule has 0 aromatic heterocycles. The highest BCUT2D eigenvalue weighted by atomic mass is 16.7. The topological polar surface area (TPSA) is 126 Å². The number of amidine groups is 1. The lowest BCUT2D eigenvalue weighted by Crippen LogP contribution is -2.22. The Morgan fingerprint density at radius 3 is 2.52 bits per heavy atom. The molecule has 0 unspecified atom stereocenters. The third kappa shape index (κ3) is 4.17. The van der Waals surface area contributed by atoms with Crippen molar-refractivity contribution >= 4 is 17.2 Å². The molecule has 4 N–H and O–H groups in total. The second-order valence-corrected chi connectivity index (χ2v) is 3.85. The summed E-state index contributed by atoms with van der Waals surface area (Å²) in [5.74, 6) is 0.195. The number of ether oxygens (including phenoxy) is 3. The minimum absolute atomic E-state index is 0.219. The summed E-state index contributed by atoms with van der Waals surface area (Å²) < 4.78 is 15.6. The van der Waals surface area contributed by atoms with E-state index in [4.69, 9.17) is 30.6 Å². The molecule has 0 spiro atoms. The van der Waals surface area contributed by atoms with Gasteiger partial charge < -0.3 is 19.9 Å². The van der Waals surface area contributed by atoms with Crippen molar-refractivity contribution in [3.05, 3.63) is 23.8 Å². The van der Waals surface area contributed by atoms with Crippen LogP contribution in [0, 0.1) is 16.7 Å². The molecule has 8 nitrogen and oxygen atoms in total. The minimum Gasteiger partial charge on any atom is -0.497 e. The van der Waals surface area contributed by atoms with Crippen LogP contribution in [0.15, 0.2) is 23.3 Å². The van der Waals surface area contributed by atoms with Crippen molar-refractivity contribution in [1.29, 1.82) is 10.7 Å². The van der Waals surface area contributed by atoms with Gasteiger partial charge in [0.1, 0.15) is 11.8 Å². The predicted octanol–water partition coefficient (Wildman–Crippen LogP) is 1.21. The zero-order chi connectivity index (χ0) is 15.8. The van der Waals surface area contributed by atoms with E-state index in [1.165, 1.54) is 14.2 Å². The van der Waals surface area contributed by atoms with Crippen LogP contribution in [-0.2, 0) is 9.47 Å². The molecule has 0 heterocycles. The SMILES string of the molecule is COc1ccc(N/N=C(\C#N)C(=N)N)c(C(OC)OC)c1. The number of nitrogens with zero attached hydrogens (tertiary/aromatic N) is 2. The van der Waals surface area contributed by atoms with E-state index in [9.17, 15) is 0 Å². The monoisotopic (exact) mass is 291 g/mol. The highest BCUT2D eigenvalue weighted by Gasteiger charge is 2.15. The zero-order valence-corrected chi connectivity index (χ0v) is 12.0. The van der Waals surface area contributed by atoms with Crippen molar-refractivity contribution in [1.82, 2.24) is 0 Å². The first-order valence-electron chi connectivity index (χ1n) is 5.89. The van der Waals surface area contributed by atoms with Gasteiger partial charge in [0.15, 0.2) is 12.1 Å². The Bertz CT molecular complexity index is 576. The predicted molar refractivity (Wildman–Crippen MR) is 78.3 cm³/mol. The third-order valence-electron chi connectivity index (χ3n) is 2.59. The van der Waals surface area contributed by atoms with Gasteiger partial charge in [-0.15, -0.1) is 0 Å². The van der Waals surface area contributed by atoms with Gasteiger partial charge in [-0.25, -0.2) is 0 Å². The van der Waals surface area contributed by atoms with E-state index in [0.717, 1.165) is 0 Å². The molecule has 0 aliphatic carbocycles. The van der Waals surface area contributed by atoms with E-state index in [0.29, 0.717) is 17.0 Å². The Morgan fingerprint density at radius 1 is 1.38 bits per heavy atom. The van der Waals surface area contributed by atoms with Gasteiger partial charge in [0.05, 0.1) is 12.8 Å². The number of nitrogens with one attached hydrogen (secondary N) is 2. The number of benzene rings is 1. The summed E-state index contributed by atoms with van der Waals surface area (Å²) in [6, 6.07) is 6.84. The Labute approximate surface area is 122 Å². The van der Waals surface area contributed by atoms with Crippen LogP contribution in [0.2, 0.25) is 0 Å². The molecular formula is C13H17N5O3. The van der Waals surface area contributed by atoms with E-state index in [-0.39, 0.29) is 5.71 Å². The maximum atomic E-state index is 8.82. The molecule has 0 fully saturated rings. The van der Waals surface area contributed by atoms with Crippen molar-refractivity contribution < 1.29 is 14.2 Å². The lowest BCUT2D eigenvalue weighted by atomic mass is 10.1. The van der Waals surface area contributed by atoms with E-state index in [2.05, 4.69) is 10.5 Å². The molecule has 0 radical (unpaired) electrons. The average Bonchev–Trinajstić information content (AvgIpc) is 2.49. The fourth-order valence-electron chi connectivity index (χ4n) is 1.58. The van der Waals surface area contributed by atoms with E-state index < -0.39 is 12.1 Å². The number of anilines is 1. The summed E-state index contributed by atoms with van der Waals surface area (Å²) in [7, 11) is 4.54. The fourth-order valence-corrected chi connectivity index (χ4v) is 1.58. The van der Waals surface area contributed by atoms with Crippen LogP contribution in [-0.4, -0.2) is 32.9 Å². The van der Waals surface area contributed by atoms with Crippen molar-refractivity contribution in [2.75, 3.05) is 26.8 Å². The summed E-state index contributed by atoms with van der Waals surface area (Å²) >= 11 is 0. The number of hydrogen-bond donors (Lipinski definition) is 3. The van der Waals surface area contributed by atoms with Gasteiger partial charge in [-0.2, -0.15) is 10.4 Å². The highest BCUT2D eigenvalue weighted by Crippen LogP contribution is 2.29. The van der Waals surface area contributed by atoms with Crippen LogP contribution >= 0.6 is 0 Å². The molecule has 21 heavy (non-hydrogen) atoms. The second kappa shape index (κ2) is 7.84. The second-order valence-electron chi connectivity index (χ2n) is 3.85. The number of rotatable bonds is 7. The number of nitrogens with two attached hydrogens (primary N) is 1. The number of methoxy groups -OCH3 is 3. The van der Waals surface area contributed by atoms with Gasteiger partial charge in [0.25, 0.3) is 0 Å². The summed E-state index contributed by atoms with van der Waals surface area (Å²) in [4.78, 5) is 0. The van der Waals surface area contributed by atoms with Crippen LogP contribution in [0.3, 0.4) is 0 Å². The van der Waals surface area contributed by atoms with Crippen molar-refractivity contribution in [2.45, 2.75) is 6.29 Å². The van der Waals surface area contributed by atoms with Crippen LogP contribution in [0.5, 0.6) is 5.75 Å². The number of hydrazone groups is 1. The van der Waals surface area contributed by atoms with Gasteiger partial charge in [-0.1, -0.05) is 0 Å². The first-order valence-corrected chi connectivity index (χ1v) is 5.89. The molecule has 8 heteroatoms. The first kappa shape index (κ1) is 16.4. The number of nitriles is 1. The maximum absolute atomic E-state index is 8.82. The Balaban J connectivity index is 3.17. The number of hydrogen-bond acceptors (Lipinski definition) is 7.